The highest BCUT2D eigenvalue weighted by molar-refractivity contribution is 6.04. The fourth-order valence-corrected chi connectivity index (χ4v) is 8.34. The number of aromatic amines is 1. The predicted octanol–water partition coefficient (Wildman–Crippen LogP) is 12.1. The van der Waals surface area contributed by atoms with Crippen LogP contribution in [0.4, 0.5) is 27.1 Å². The molecular weight excluding hydrogens is 1160 g/mol. The molecule has 0 atom stereocenters. The van der Waals surface area contributed by atoms with Crippen molar-refractivity contribution in [3.63, 3.8) is 0 Å². The lowest BCUT2D eigenvalue weighted by atomic mass is 10.2. The number of hydrogen-bond donors (Lipinski definition) is 4. The molecule has 0 aliphatic rings. The van der Waals surface area contributed by atoms with E-state index in [1.165, 1.54) is 36.9 Å². The fraction of sp³-hybridized carbons (Fsp3) is 0.0312. The maximum absolute atomic E-state index is 12.3. The van der Waals surface area contributed by atoms with Gasteiger partial charge < -0.3 is 30.6 Å². The summed E-state index contributed by atoms with van der Waals surface area (Å²) in [5.74, 6) is 1.77. The minimum atomic E-state index is -0.923. The molecule has 0 aliphatic heterocycles. The van der Waals surface area contributed by atoms with Crippen LogP contribution in [0.15, 0.2) is 245 Å². The van der Waals surface area contributed by atoms with E-state index in [9.17, 15) is 34.2 Å². The van der Waals surface area contributed by atoms with Crippen molar-refractivity contribution in [3.05, 3.63) is 282 Å². The summed E-state index contributed by atoms with van der Waals surface area (Å²) < 4.78 is 27.8. The molecule has 25 nitrogen and oxygen atoms in total. The Balaban J connectivity index is 0.000000133. The monoisotopic (exact) mass is 1210 g/mol. The van der Waals surface area contributed by atoms with Gasteiger partial charge in [0.15, 0.2) is 0 Å². The van der Waals surface area contributed by atoms with Crippen LogP contribution in [0.3, 0.4) is 0 Å². The zero-order valence-electron chi connectivity index (χ0n) is 47.6. The molecule has 448 valence electrons. The Kier molecular flexibility index (Phi) is 20.2. The van der Waals surface area contributed by atoms with E-state index in [4.69, 9.17) is 20.3 Å². The van der Waals surface area contributed by atoms with E-state index in [-0.39, 0.29) is 22.8 Å². The third-order valence-corrected chi connectivity index (χ3v) is 12.9. The van der Waals surface area contributed by atoms with Gasteiger partial charge in [-0.05, 0) is 133 Å². The fourth-order valence-electron chi connectivity index (χ4n) is 8.34. The number of H-pyrrole nitrogens is 1. The molecule has 0 radical (unpaired) electrons. The molecule has 0 fully saturated rings. The first kappa shape index (κ1) is 61.4. The highest BCUT2D eigenvalue weighted by Gasteiger charge is 2.11. The lowest BCUT2D eigenvalue weighted by Gasteiger charge is -2.08. The number of carbonyl (C=O) groups is 2. The van der Waals surface area contributed by atoms with Gasteiger partial charge in [-0.1, -0.05) is 0 Å². The number of nitrogens with two attached hydrogens (primary N) is 1. The van der Waals surface area contributed by atoms with Crippen LogP contribution in [-0.4, -0.2) is 99.6 Å². The molecule has 0 saturated heterocycles. The van der Waals surface area contributed by atoms with E-state index in [1.54, 1.807) is 99.1 Å². The molecule has 14 aromatic rings. The number of carboxylic acid groups (broad SMARTS) is 1. The summed E-state index contributed by atoms with van der Waals surface area (Å²) in [6.45, 7) is 0. The third-order valence-electron chi connectivity index (χ3n) is 12.9. The van der Waals surface area contributed by atoms with Crippen LogP contribution in [0.2, 0.25) is 0 Å². The third kappa shape index (κ3) is 16.0. The maximum atomic E-state index is 12.3. The zero-order valence-corrected chi connectivity index (χ0v) is 47.6. The molecule has 12 heterocycles. The first-order valence-corrected chi connectivity index (χ1v) is 26.7. The largest absolute Gasteiger partial charge is 0.497 e. The number of ether oxygens (including phenoxy) is 2. The number of anilines is 2. The predicted molar refractivity (Wildman–Crippen MR) is 336 cm³/mol. The quantitative estimate of drug-likeness (QED) is 0.0561. The lowest BCUT2D eigenvalue weighted by Crippen LogP contribution is -2.12. The van der Waals surface area contributed by atoms with Gasteiger partial charge >= 0.3 is 5.97 Å². The molecule has 0 aliphatic carbocycles. The molecular formula is C64H51FN16O9. The highest BCUT2D eigenvalue weighted by atomic mass is 19.1. The number of carboxylic acids is 1. The van der Waals surface area contributed by atoms with E-state index < -0.39 is 21.8 Å². The maximum Gasteiger partial charge on any atom is 0.335 e. The number of pyridine rings is 8. The molecule has 26 heteroatoms. The van der Waals surface area contributed by atoms with Gasteiger partial charge in [0, 0.05) is 88.8 Å². The number of nitrogens with one attached hydrogen (secondary N) is 2. The summed E-state index contributed by atoms with van der Waals surface area (Å²) in [7, 11) is 3.13. The number of nitrogens with zero attached hydrogens (tertiary/aromatic N) is 13. The smallest absolute Gasteiger partial charge is 0.335 e. The van der Waals surface area contributed by atoms with Crippen molar-refractivity contribution in [3.8, 4) is 29.0 Å². The van der Waals surface area contributed by atoms with Crippen molar-refractivity contribution < 1.29 is 38.4 Å². The van der Waals surface area contributed by atoms with Gasteiger partial charge in [-0.2, -0.15) is 4.39 Å². The lowest BCUT2D eigenvalue weighted by molar-refractivity contribution is -0.385. The Morgan fingerprint density at radius 3 is 1.37 bits per heavy atom. The number of carbonyl (C=O) groups excluding carboxylic acids is 1. The highest BCUT2D eigenvalue weighted by Crippen LogP contribution is 2.23. The molecule has 1 amide bonds. The number of aromatic carboxylic acids is 1. The molecule has 0 saturated carbocycles. The number of nitrogen functional groups attached to an aromatic ring is 1. The number of nitro groups is 2. The molecule has 14 rings (SSSR count). The number of halogens is 1. The van der Waals surface area contributed by atoms with E-state index >= 15 is 0 Å². The Hall–Kier alpha value is -13.1. The Bertz CT molecular complexity index is 4650. The van der Waals surface area contributed by atoms with Crippen molar-refractivity contribution in [2.45, 2.75) is 0 Å². The second kappa shape index (κ2) is 29.6. The Morgan fingerprint density at radius 1 is 0.511 bits per heavy atom. The molecule has 90 heavy (non-hydrogen) atoms. The average molecular weight is 1210 g/mol. The van der Waals surface area contributed by atoms with Crippen LogP contribution >= 0.6 is 0 Å². The first-order valence-electron chi connectivity index (χ1n) is 26.7. The SMILES string of the molecule is COc1ccc(C(=O)Nc2ccc(-n3ccc4ccncc43)nc2)cc1.COc1ccc(C(=O)O)cc1.Nc1ccc(-n2ccc3ccncc32)nc1.O=[N+]([O-])c1ccc(-n2ccc3ccncc32)nc1.O=[N+]([O-])c1ccc(F)nc1.c1cc2cc[nH]c2cn1. The number of fused-ring (bicyclic) bond motifs is 4. The number of methoxy groups -OCH3 is 2. The second-order valence-corrected chi connectivity index (χ2v) is 18.6. The van der Waals surface area contributed by atoms with Gasteiger partial charge in [-0.25, -0.2) is 24.7 Å². The van der Waals surface area contributed by atoms with Crippen molar-refractivity contribution in [1.29, 1.82) is 0 Å². The summed E-state index contributed by atoms with van der Waals surface area (Å²) in [5, 5.41) is 36.4. The summed E-state index contributed by atoms with van der Waals surface area (Å²) in [4.78, 5) is 77.3. The zero-order chi connectivity index (χ0) is 63.4. The summed E-state index contributed by atoms with van der Waals surface area (Å²) in [6, 6.07) is 41.5. The minimum Gasteiger partial charge on any atom is -0.497 e. The standard InChI is InChI=1S/C20H16N4O2.C12H8N4O2.C12H10N4.C8H8O3.C7H6N2.C5H3FN2O2/c1-26-17-5-2-15(3-6-17)20(25)23-16-4-7-19(22-12-16)24-11-9-14-8-10-21-13-18(14)24;17-16(18)10-1-2-12(14-7-10)15-6-4-9-3-5-13-8-11(9)15;13-10-1-2-12(15-7-10)16-6-4-9-3-5-14-8-11(9)16;1-11-7-4-2-6(3-5-7)8(9)10;1-3-8-5-7-6(1)2-4-9-7;6-5-2-1-4(3-7-5)8(9)10/h2-13H,1H3,(H,23,25);1-8H;1-8H,13H2;2-5H,1H3,(H,9,10);1-5,9H;1-3H. The molecule has 2 aromatic carbocycles. The molecule has 12 aromatic heterocycles. The number of aromatic nitrogens is 12. The normalized spacial score (nSPS) is 10.3. The summed E-state index contributed by atoms with van der Waals surface area (Å²) in [6.07, 6.45) is 27.3. The van der Waals surface area contributed by atoms with Gasteiger partial charge in [-0.15, -0.1) is 0 Å². The van der Waals surface area contributed by atoms with Crippen LogP contribution in [0.5, 0.6) is 11.5 Å². The molecule has 0 unspecified atom stereocenters. The van der Waals surface area contributed by atoms with Crippen LogP contribution < -0.4 is 20.5 Å². The Labute approximate surface area is 509 Å². The van der Waals surface area contributed by atoms with Crippen LogP contribution in [0.1, 0.15) is 20.7 Å². The van der Waals surface area contributed by atoms with Gasteiger partial charge in [0.2, 0.25) is 5.95 Å². The topological polar surface area (TPSA) is 331 Å². The van der Waals surface area contributed by atoms with Crippen molar-refractivity contribution >= 4 is 78.2 Å². The van der Waals surface area contributed by atoms with E-state index in [0.29, 0.717) is 34.3 Å². The Morgan fingerprint density at radius 2 is 0.956 bits per heavy atom. The second-order valence-electron chi connectivity index (χ2n) is 18.6. The number of benzene rings is 2. The van der Waals surface area contributed by atoms with E-state index in [2.05, 4.69) is 50.2 Å². The van der Waals surface area contributed by atoms with Crippen molar-refractivity contribution in [1.82, 2.24) is 58.6 Å². The number of hydrogen-bond acceptors (Lipinski definition) is 17. The molecule has 0 bridgehead atoms. The van der Waals surface area contributed by atoms with E-state index in [0.717, 1.165) is 68.2 Å². The van der Waals surface area contributed by atoms with Crippen molar-refractivity contribution in [2.24, 2.45) is 0 Å². The van der Waals surface area contributed by atoms with Gasteiger partial charge in [0.05, 0.1) is 100 Å². The molecule has 5 N–H and O–H groups in total. The van der Waals surface area contributed by atoms with Crippen LogP contribution in [0.25, 0.3) is 61.1 Å². The average Bonchev–Trinajstić information content (AvgIpc) is 3.08. The van der Waals surface area contributed by atoms with Gasteiger partial charge in [0.25, 0.3) is 17.3 Å². The van der Waals surface area contributed by atoms with Crippen molar-refractivity contribution in [2.75, 3.05) is 25.3 Å². The van der Waals surface area contributed by atoms with E-state index in [1.807, 2.05) is 124 Å². The van der Waals surface area contributed by atoms with Crippen LogP contribution in [-0.2, 0) is 0 Å². The van der Waals surface area contributed by atoms with Gasteiger partial charge in [0.1, 0.15) is 41.3 Å². The minimum absolute atomic E-state index is 0.0201. The summed E-state index contributed by atoms with van der Waals surface area (Å²) in [5.41, 5.74) is 11.5. The summed E-state index contributed by atoms with van der Waals surface area (Å²) >= 11 is 0. The first-order chi connectivity index (χ1) is 43.7. The number of amides is 1. The number of rotatable bonds is 10. The van der Waals surface area contributed by atoms with Crippen LogP contribution in [0, 0.1) is 26.2 Å². The molecule has 0 spiro atoms. The van der Waals surface area contributed by atoms with Gasteiger partial charge in [-0.3, -0.25) is 58.7 Å².